The first-order valence-electron chi connectivity index (χ1n) is 6.32. The second kappa shape index (κ2) is 4.37. The van der Waals surface area contributed by atoms with Crippen LogP contribution in [0.3, 0.4) is 0 Å². The van der Waals surface area contributed by atoms with Gasteiger partial charge >= 0.3 is 0 Å². The van der Waals surface area contributed by atoms with E-state index in [1.165, 1.54) is 22.3 Å². The minimum Gasteiger partial charge on any atom is -0.490 e. The number of hydrogen-bond acceptors (Lipinski definition) is 2. The maximum Gasteiger partial charge on any atom is 0.142 e. The molecule has 0 atom stereocenters. The van der Waals surface area contributed by atoms with Crippen molar-refractivity contribution in [2.24, 2.45) is 0 Å². The predicted octanol–water partition coefficient (Wildman–Crippen LogP) is 3.77. The standard InChI is InChI=1S/C16H17NO/c1-11-7-12(2)9-14(8-11)13-3-4-16-15(10-13)17-5-6-18-16/h3-4,7-10,17H,5-6H2,1-2H3. The van der Waals surface area contributed by atoms with E-state index in [0.717, 1.165) is 24.6 Å². The summed E-state index contributed by atoms with van der Waals surface area (Å²) in [6.45, 7) is 5.89. The molecule has 0 bridgehead atoms. The maximum atomic E-state index is 5.60. The molecule has 0 radical (unpaired) electrons. The van der Waals surface area contributed by atoms with Gasteiger partial charge in [-0.2, -0.15) is 0 Å². The zero-order valence-corrected chi connectivity index (χ0v) is 10.8. The zero-order valence-electron chi connectivity index (χ0n) is 10.8. The Morgan fingerprint density at radius 1 is 0.944 bits per heavy atom. The minimum atomic E-state index is 0.746. The topological polar surface area (TPSA) is 21.3 Å². The molecule has 2 nitrogen and oxygen atoms in total. The van der Waals surface area contributed by atoms with Gasteiger partial charge in [0, 0.05) is 6.54 Å². The fourth-order valence-corrected chi connectivity index (χ4v) is 2.46. The summed E-state index contributed by atoms with van der Waals surface area (Å²) < 4.78 is 5.60. The van der Waals surface area contributed by atoms with Crippen molar-refractivity contribution < 1.29 is 4.74 Å². The van der Waals surface area contributed by atoms with Crippen molar-refractivity contribution in [1.29, 1.82) is 0 Å². The number of ether oxygens (including phenoxy) is 1. The van der Waals surface area contributed by atoms with Gasteiger partial charge in [0.05, 0.1) is 5.69 Å². The Morgan fingerprint density at radius 3 is 2.50 bits per heavy atom. The van der Waals surface area contributed by atoms with Gasteiger partial charge in [0.1, 0.15) is 12.4 Å². The van der Waals surface area contributed by atoms with E-state index in [4.69, 9.17) is 4.74 Å². The lowest BCUT2D eigenvalue weighted by molar-refractivity contribution is 0.323. The lowest BCUT2D eigenvalue weighted by Crippen LogP contribution is -2.17. The van der Waals surface area contributed by atoms with Gasteiger partial charge < -0.3 is 10.1 Å². The normalized spacial score (nSPS) is 13.4. The van der Waals surface area contributed by atoms with Gasteiger partial charge in [-0.05, 0) is 37.1 Å². The summed E-state index contributed by atoms with van der Waals surface area (Å²) >= 11 is 0. The van der Waals surface area contributed by atoms with Crippen LogP contribution < -0.4 is 10.1 Å². The van der Waals surface area contributed by atoms with Crippen LogP contribution in [0.5, 0.6) is 5.75 Å². The molecule has 2 aromatic carbocycles. The van der Waals surface area contributed by atoms with E-state index < -0.39 is 0 Å². The van der Waals surface area contributed by atoms with Crippen molar-refractivity contribution >= 4 is 5.69 Å². The smallest absolute Gasteiger partial charge is 0.142 e. The van der Waals surface area contributed by atoms with Crippen LogP contribution in [-0.4, -0.2) is 13.2 Å². The first kappa shape index (κ1) is 11.1. The molecular formula is C16H17NO. The van der Waals surface area contributed by atoms with Gasteiger partial charge in [0.2, 0.25) is 0 Å². The molecular weight excluding hydrogens is 222 g/mol. The number of rotatable bonds is 1. The quantitative estimate of drug-likeness (QED) is 0.817. The van der Waals surface area contributed by atoms with Crippen molar-refractivity contribution in [2.45, 2.75) is 13.8 Å². The molecule has 2 aromatic rings. The highest BCUT2D eigenvalue weighted by molar-refractivity contribution is 5.73. The third kappa shape index (κ3) is 2.06. The number of nitrogens with one attached hydrogen (secondary N) is 1. The molecule has 92 valence electrons. The van der Waals surface area contributed by atoms with Gasteiger partial charge in [0.15, 0.2) is 0 Å². The Hall–Kier alpha value is -1.96. The third-order valence-electron chi connectivity index (χ3n) is 3.21. The molecule has 3 rings (SSSR count). The van der Waals surface area contributed by atoms with Crippen molar-refractivity contribution in [3.8, 4) is 16.9 Å². The zero-order chi connectivity index (χ0) is 12.5. The molecule has 0 saturated carbocycles. The number of fused-ring (bicyclic) bond motifs is 1. The average molecular weight is 239 g/mol. The highest BCUT2D eigenvalue weighted by Gasteiger charge is 2.10. The molecule has 0 spiro atoms. The van der Waals surface area contributed by atoms with E-state index in [-0.39, 0.29) is 0 Å². The van der Waals surface area contributed by atoms with Crippen LogP contribution in [0, 0.1) is 13.8 Å². The molecule has 2 heteroatoms. The van der Waals surface area contributed by atoms with Crippen LogP contribution in [0.4, 0.5) is 5.69 Å². The summed E-state index contributed by atoms with van der Waals surface area (Å²) in [6, 6.07) is 13.0. The molecule has 1 aliphatic rings. The molecule has 0 amide bonds. The molecule has 1 aliphatic heterocycles. The third-order valence-corrected chi connectivity index (χ3v) is 3.21. The Balaban J connectivity index is 2.06. The number of aryl methyl sites for hydroxylation is 2. The Kier molecular flexibility index (Phi) is 2.71. The van der Waals surface area contributed by atoms with Crippen LogP contribution in [0.15, 0.2) is 36.4 Å². The molecule has 1 N–H and O–H groups in total. The van der Waals surface area contributed by atoms with Crippen molar-refractivity contribution in [3.05, 3.63) is 47.5 Å². The van der Waals surface area contributed by atoms with Crippen LogP contribution in [0.1, 0.15) is 11.1 Å². The van der Waals surface area contributed by atoms with Crippen molar-refractivity contribution in [1.82, 2.24) is 0 Å². The molecule has 0 fully saturated rings. The lowest BCUT2D eigenvalue weighted by atomic mass is 10.00. The molecule has 0 saturated heterocycles. The molecule has 0 aliphatic carbocycles. The van der Waals surface area contributed by atoms with E-state index in [1.54, 1.807) is 0 Å². The van der Waals surface area contributed by atoms with Crippen molar-refractivity contribution in [3.63, 3.8) is 0 Å². The Bertz CT molecular complexity index is 569. The number of anilines is 1. The second-order valence-corrected chi connectivity index (χ2v) is 4.86. The summed E-state index contributed by atoms with van der Waals surface area (Å²) in [5, 5.41) is 3.38. The highest BCUT2D eigenvalue weighted by Crippen LogP contribution is 2.32. The van der Waals surface area contributed by atoms with E-state index in [0.29, 0.717) is 0 Å². The monoisotopic (exact) mass is 239 g/mol. The Morgan fingerprint density at radius 2 is 1.72 bits per heavy atom. The first-order chi connectivity index (χ1) is 8.72. The van der Waals surface area contributed by atoms with Crippen molar-refractivity contribution in [2.75, 3.05) is 18.5 Å². The Labute approximate surface area is 108 Å². The van der Waals surface area contributed by atoms with Crippen LogP contribution >= 0.6 is 0 Å². The van der Waals surface area contributed by atoms with Crippen LogP contribution in [0.2, 0.25) is 0 Å². The van der Waals surface area contributed by atoms with Crippen LogP contribution in [0.25, 0.3) is 11.1 Å². The largest absolute Gasteiger partial charge is 0.490 e. The minimum absolute atomic E-state index is 0.746. The average Bonchev–Trinajstić information content (AvgIpc) is 2.37. The molecule has 18 heavy (non-hydrogen) atoms. The summed E-state index contributed by atoms with van der Waals surface area (Å²) in [5.74, 6) is 0.953. The van der Waals surface area contributed by atoms with E-state index >= 15 is 0 Å². The maximum absolute atomic E-state index is 5.60. The molecule has 0 unspecified atom stereocenters. The summed E-state index contributed by atoms with van der Waals surface area (Å²) in [6.07, 6.45) is 0. The number of benzene rings is 2. The number of hydrogen-bond donors (Lipinski definition) is 1. The van der Waals surface area contributed by atoms with E-state index in [1.807, 2.05) is 0 Å². The van der Waals surface area contributed by atoms with E-state index in [9.17, 15) is 0 Å². The lowest BCUT2D eigenvalue weighted by Gasteiger charge is -2.20. The van der Waals surface area contributed by atoms with E-state index in [2.05, 4.69) is 55.6 Å². The fourth-order valence-electron chi connectivity index (χ4n) is 2.46. The summed E-state index contributed by atoms with van der Waals surface area (Å²) in [5.41, 5.74) is 6.19. The highest BCUT2D eigenvalue weighted by atomic mass is 16.5. The first-order valence-corrected chi connectivity index (χ1v) is 6.32. The fraction of sp³-hybridized carbons (Fsp3) is 0.250. The molecule has 0 aromatic heterocycles. The van der Waals surface area contributed by atoms with Gasteiger partial charge in [-0.3, -0.25) is 0 Å². The predicted molar refractivity (Wildman–Crippen MR) is 75.3 cm³/mol. The summed E-state index contributed by atoms with van der Waals surface area (Å²) in [4.78, 5) is 0. The SMILES string of the molecule is Cc1cc(C)cc(-c2ccc3c(c2)NCCO3)c1. The molecule has 1 heterocycles. The van der Waals surface area contributed by atoms with Gasteiger partial charge in [-0.1, -0.05) is 35.4 Å². The van der Waals surface area contributed by atoms with Gasteiger partial charge in [0.25, 0.3) is 0 Å². The van der Waals surface area contributed by atoms with Gasteiger partial charge in [-0.15, -0.1) is 0 Å². The second-order valence-electron chi connectivity index (χ2n) is 4.86. The van der Waals surface area contributed by atoms with Crippen LogP contribution in [-0.2, 0) is 0 Å². The van der Waals surface area contributed by atoms with Gasteiger partial charge in [-0.25, -0.2) is 0 Å². The summed E-state index contributed by atoms with van der Waals surface area (Å²) in [7, 11) is 0.